The molecule has 1 fully saturated rings. The highest BCUT2D eigenvalue weighted by molar-refractivity contribution is 5.69. The van der Waals surface area contributed by atoms with Gasteiger partial charge < -0.3 is 25.2 Å². The molecular formula is C17H32N2O5. The minimum atomic E-state index is -0.956. The number of rotatable bonds is 5. The topological polar surface area (TPSA) is 96.9 Å². The third-order valence-electron chi connectivity index (χ3n) is 3.87. The second-order valence-electron chi connectivity index (χ2n) is 8.56. The first-order valence-electron chi connectivity index (χ1n) is 8.42. The van der Waals surface area contributed by atoms with Gasteiger partial charge in [0.25, 0.3) is 0 Å². The van der Waals surface area contributed by atoms with E-state index in [-0.39, 0.29) is 12.5 Å². The number of aliphatic hydroxyl groups is 1. The Balaban J connectivity index is 2.89. The molecule has 0 unspecified atom stereocenters. The molecule has 2 amide bonds. The average molecular weight is 344 g/mol. The van der Waals surface area contributed by atoms with Crippen LogP contribution < -0.4 is 10.6 Å². The Kier molecular flexibility index (Phi) is 6.50. The Bertz CT molecular complexity index is 456. The van der Waals surface area contributed by atoms with Gasteiger partial charge in [-0.05, 0) is 33.1 Å². The summed E-state index contributed by atoms with van der Waals surface area (Å²) in [5, 5.41) is 16.3. The van der Waals surface area contributed by atoms with E-state index in [1.54, 1.807) is 20.8 Å². The minimum Gasteiger partial charge on any atom is -0.449 e. The monoisotopic (exact) mass is 344 g/mol. The Labute approximate surface area is 144 Å². The van der Waals surface area contributed by atoms with E-state index in [2.05, 4.69) is 10.6 Å². The third-order valence-corrected chi connectivity index (χ3v) is 3.87. The maximum absolute atomic E-state index is 12.1. The zero-order valence-corrected chi connectivity index (χ0v) is 15.8. The number of aliphatic hydroxyl groups excluding tert-OH is 1. The summed E-state index contributed by atoms with van der Waals surface area (Å²) in [7, 11) is 0. The molecule has 140 valence electrons. The second kappa shape index (κ2) is 7.59. The summed E-state index contributed by atoms with van der Waals surface area (Å²) < 4.78 is 10.3. The summed E-state index contributed by atoms with van der Waals surface area (Å²) in [6, 6.07) is -1.07. The van der Waals surface area contributed by atoms with Crippen molar-refractivity contribution >= 4 is 12.2 Å². The van der Waals surface area contributed by atoms with Gasteiger partial charge in [-0.2, -0.15) is 0 Å². The summed E-state index contributed by atoms with van der Waals surface area (Å²) in [6.07, 6.45) is -1.53. The van der Waals surface area contributed by atoms with Gasteiger partial charge in [-0.15, -0.1) is 0 Å². The molecular weight excluding hydrogens is 312 g/mol. The second-order valence-corrected chi connectivity index (χ2v) is 8.56. The van der Waals surface area contributed by atoms with Gasteiger partial charge in [-0.1, -0.05) is 27.7 Å². The molecule has 0 spiro atoms. The number of alkyl carbamates (subject to hydrolysis) is 2. The minimum absolute atomic E-state index is 0.210. The smallest absolute Gasteiger partial charge is 0.407 e. The van der Waals surface area contributed by atoms with Crippen LogP contribution in [0.3, 0.4) is 0 Å². The molecule has 3 atom stereocenters. The van der Waals surface area contributed by atoms with Crippen molar-refractivity contribution < 1.29 is 24.2 Å². The first kappa shape index (κ1) is 20.5. The fraction of sp³-hybridized carbons (Fsp3) is 0.882. The van der Waals surface area contributed by atoms with Crippen LogP contribution >= 0.6 is 0 Å². The van der Waals surface area contributed by atoms with Crippen LogP contribution in [0.1, 0.15) is 54.9 Å². The van der Waals surface area contributed by atoms with E-state index in [0.717, 1.165) is 0 Å². The summed E-state index contributed by atoms with van der Waals surface area (Å²) in [6.45, 7) is 13.4. The van der Waals surface area contributed by atoms with Gasteiger partial charge in [0.15, 0.2) is 0 Å². The molecule has 0 bridgehead atoms. The predicted octanol–water partition coefficient (Wildman–Crippen LogP) is 2.42. The van der Waals surface area contributed by atoms with Gasteiger partial charge in [0, 0.05) is 5.41 Å². The van der Waals surface area contributed by atoms with Gasteiger partial charge in [-0.25, -0.2) is 9.59 Å². The summed E-state index contributed by atoms with van der Waals surface area (Å²) in [5.74, 6) is 0.248. The number of amides is 2. The van der Waals surface area contributed by atoms with E-state index in [0.29, 0.717) is 6.42 Å². The van der Waals surface area contributed by atoms with Crippen LogP contribution in [0, 0.1) is 11.3 Å². The average Bonchev–Trinajstić information content (AvgIpc) is 2.37. The number of hydrogen-bond donors (Lipinski definition) is 3. The quantitative estimate of drug-likeness (QED) is 0.712. The molecule has 24 heavy (non-hydrogen) atoms. The van der Waals surface area contributed by atoms with Gasteiger partial charge in [0.05, 0.1) is 18.2 Å². The lowest BCUT2D eigenvalue weighted by Gasteiger charge is -2.43. The Morgan fingerprint density at radius 2 is 2.04 bits per heavy atom. The van der Waals surface area contributed by atoms with Crippen molar-refractivity contribution in [3.63, 3.8) is 0 Å². The first-order valence-corrected chi connectivity index (χ1v) is 8.42. The molecule has 1 rings (SSSR count). The highest BCUT2D eigenvalue weighted by Crippen LogP contribution is 2.29. The van der Waals surface area contributed by atoms with Gasteiger partial charge in [0.2, 0.25) is 0 Å². The zero-order valence-electron chi connectivity index (χ0n) is 15.8. The standard InChI is InChI=1S/C17H32N2O5/c1-10(2)8-11(18-15(22)24-16(3,4)5)12(20)13-17(6,7)9-23-14(21)19-13/h10-13,20H,8-9H2,1-7H3,(H,18,22)(H,19,21)/t11-,12+,13+/m0/s1. The molecule has 7 nitrogen and oxygen atoms in total. The number of cyclic esters (lactones) is 1. The SMILES string of the molecule is CC(C)C[C@H](NC(=O)OC(C)(C)C)[C@@H](O)[C@H]1NC(=O)OCC1(C)C. The van der Waals surface area contributed by atoms with E-state index < -0.39 is 41.4 Å². The number of nitrogens with one attached hydrogen (secondary N) is 2. The maximum Gasteiger partial charge on any atom is 0.407 e. The van der Waals surface area contributed by atoms with Crippen LogP contribution in [0.2, 0.25) is 0 Å². The molecule has 7 heteroatoms. The number of carbonyl (C=O) groups is 2. The number of hydrogen-bond acceptors (Lipinski definition) is 5. The molecule has 0 aromatic carbocycles. The van der Waals surface area contributed by atoms with E-state index in [9.17, 15) is 14.7 Å². The number of carbonyl (C=O) groups excluding carboxylic acids is 2. The normalized spacial score (nSPS) is 23.0. The molecule has 0 aromatic rings. The van der Waals surface area contributed by atoms with Crippen LogP contribution in [0.4, 0.5) is 9.59 Å². The van der Waals surface area contributed by atoms with Crippen molar-refractivity contribution in [1.82, 2.24) is 10.6 Å². The highest BCUT2D eigenvalue weighted by atomic mass is 16.6. The summed E-state index contributed by atoms with van der Waals surface area (Å²) >= 11 is 0. The van der Waals surface area contributed by atoms with Crippen LogP contribution in [-0.2, 0) is 9.47 Å². The predicted molar refractivity (Wildman–Crippen MR) is 90.7 cm³/mol. The lowest BCUT2D eigenvalue weighted by molar-refractivity contribution is -0.0284. The third kappa shape index (κ3) is 6.19. The lowest BCUT2D eigenvalue weighted by Crippen LogP contribution is -2.63. The van der Waals surface area contributed by atoms with Crippen LogP contribution in [0.5, 0.6) is 0 Å². The van der Waals surface area contributed by atoms with Crippen molar-refractivity contribution in [3.05, 3.63) is 0 Å². The van der Waals surface area contributed by atoms with Gasteiger partial charge >= 0.3 is 12.2 Å². The molecule has 0 aliphatic carbocycles. The van der Waals surface area contributed by atoms with Crippen LogP contribution in [0.25, 0.3) is 0 Å². The van der Waals surface area contributed by atoms with Crippen LogP contribution in [0.15, 0.2) is 0 Å². The molecule has 3 N–H and O–H groups in total. The lowest BCUT2D eigenvalue weighted by atomic mass is 9.78. The Hall–Kier alpha value is -1.50. The zero-order chi connectivity index (χ0) is 18.7. The van der Waals surface area contributed by atoms with Crippen molar-refractivity contribution in [2.45, 2.75) is 78.7 Å². The number of ether oxygens (including phenoxy) is 2. The van der Waals surface area contributed by atoms with E-state index in [1.807, 2.05) is 27.7 Å². The van der Waals surface area contributed by atoms with Crippen molar-refractivity contribution in [3.8, 4) is 0 Å². The van der Waals surface area contributed by atoms with E-state index in [4.69, 9.17) is 9.47 Å². The molecule has 1 heterocycles. The first-order chi connectivity index (χ1) is 10.8. The van der Waals surface area contributed by atoms with Gasteiger partial charge in [-0.3, -0.25) is 0 Å². The molecule has 1 aliphatic heterocycles. The molecule has 1 aliphatic rings. The molecule has 0 aromatic heterocycles. The van der Waals surface area contributed by atoms with Gasteiger partial charge in [0.1, 0.15) is 12.2 Å². The Morgan fingerprint density at radius 3 is 2.54 bits per heavy atom. The summed E-state index contributed by atoms with van der Waals surface area (Å²) in [4.78, 5) is 23.7. The maximum atomic E-state index is 12.1. The molecule has 0 radical (unpaired) electrons. The van der Waals surface area contributed by atoms with E-state index in [1.165, 1.54) is 0 Å². The molecule has 1 saturated heterocycles. The van der Waals surface area contributed by atoms with E-state index >= 15 is 0 Å². The highest BCUT2D eigenvalue weighted by Gasteiger charge is 2.44. The van der Waals surface area contributed by atoms with Crippen molar-refractivity contribution in [2.24, 2.45) is 11.3 Å². The van der Waals surface area contributed by atoms with Crippen molar-refractivity contribution in [1.29, 1.82) is 0 Å². The molecule has 0 saturated carbocycles. The van der Waals surface area contributed by atoms with Crippen LogP contribution in [-0.4, -0.2) is 47.7 Å². The largest absolute Gasteiger partial charge is 0.449 e. The van der Waals surface area contributed by atoms with Crippen molar-refractivity contribution in [2.75, 3.05) is 6.61 Å². The summed E-state index contributed by atoms with van der Waals surface area (Å²) in [5.41, 5.74) is -1.08. The fourth-order valence-electron chi connectivity index (χ4n) is 2.74. The fourth-order valence-corrected chi connectivity index (χ4v) is 2.74. The Morgan fingerprint density at radius 1 is 1.46 bits per heavy atom.